The van der Waals surface area contributed by atoms with Crippen LogP contribution in [-0.4, -0.2) is 19.8 Å². The molecule has 0 bridgehead atoms. The first-order valence-electron chi connectivity index (χ1n) is 10.2. The average molecular weight is 446 g/mol. The van der Waals surface area contributed by atoms with Crippen molar-refractivity contribution in [2.45, 2.75) is 44.6 Å². The molecule has 2 aromatic carbocycles. The van der Waals surface area contributed by atoms with E-state index in [1.165, 1.54) is 0 Å². The van der Waals surface area contributed by atoms with Crippen LogP contribution in [0.2, 0.25) is 0 Å². The van der Waals surface area contributed by atoms with E-state index in [1.807, 2.05) is 0 Å². The van der Waals surface area contributed by atoms with E-state index in [-0.39, 0.29) is 11.1 Å². The van der Waals surface area contributed by atoms with Gasteiger partial charge in [-0.05, 0) is 74.3 Å². The van der Waals surface area contributed by atoms with Crippen molar-refractivity contribution >= 4 is 0 Å². The molecule has 0 atom stereocenters. The Morgan fingerprint density at radius 2 is 1.55 bits per heavy atom. The first-order chi connectivity index (χ1) is 14.7. The second kappa shape index (κ2) is 9.94. The lowest BCUT2D eigenvalue weighted by Crippen LogP contribution is -2.37. The van der Waals surface area contributed by atoms with Crippen LogP contribution in [0.25, 0.3) is 11.1 Å². The smallest absolute Gasteiger partial charge is 0.400 e. The molecule has 0 spiro atoms. The summed E-state index contributed by atoms with van der Waals surface area (Å²) < 4.78 is 93.5. The summed E-state index contributed by atoms with van der Waals surface area (Å²) in [7, 11) is 1.63. The van der Waals surface area contributed by atoms with E-state index < -0.39 is 41.0 Å². The Hall–Kier alpha value is -2.22. The van der Waals surface area contributed by atoms with Gasteiger partial charge >= 0.3 is 6.11 Å². The normalized spacial score (nSPS) is 19.5. The number of halogens is 6. The number of alkyl halides is 2. The Labute approximate surface area is 177 Å². The second-order valence-electron chi connectivity index (χ2n) is 7.91. The van der Waals surface area contributed by atoms with Crippen LogP contribution < -0.4 is 4.74 Å². The van der Waals surface area contributed by atoms with E-state index >= 15 is 0 Å². The Kier molecular flexibility index (Phi) is 7.51. The van der Waals surface area contributed by atoms with Crippen LogP contribution in [0, 0.1) is 35.1 Å². The highest BCUT2D eigenvalue weighted by Gasteiger charge is 2.44. The van der Waals surface area contributed by atoms with Crippen molar-refractivity contribution < 1.29 is 35.8 Å². The lowest BCUT2D eigenvalue weighted by Gasteiger charge is -2.33. The van der Waals surface area contributed by atoms with Gasteiger partial charge < -0.3 is 9.47 Å². The Morgan fingerprint density at radius 3 is 2.13 bits per heavy atom. The van der Waals surface area contributed by atoms with Gasteiger partial charge in [0.2, 0.25) is 0 Å². The van der Waals surface area contributed by atoms with Crippen LogP contribution >= 0.6 is 0 Å². The van der Waals surface area contributed by atoms with E-state index in [0.29, 0.717) is 50.3 Å². The molecule has 0 N–H and O–H groups in total. The number of hydrogen-bond acceptors (Lipinski definition) is 2. The zero-order valence-electron chi connectivity index (χ0n) is 17.1. The Morgan fingerprint density at radius 1 is 0.903 bits per heavy atom. The largest absolute Gasteiger partial charge is 0.432 e. The molecule has 31 heavy (non-hydrogen) atoms. The molecular formula is C23H24F6O2. The maximum absolute atomic E-state index is 14.6. The highest BCUT2D eigenvalue weighted by molar-refractivity contribution is 5.65. The minimum Gasteiger partial charge on any atom is -0.432 e. The maximum Gasteiger partial charge on any atom is 0.400 e. The molecule has 8 heteroatoms. The molecule has 0 saturated heterocycles. The third-order valence-electron chi connectivity index (χ3n) is 5.77. The molecule has 1 fully saturated rings. The molecule has 0 unspecified atom stereocenters. The number of rotatable bonds is 8. The van der Waals surface area contributed by atoms with Crippen LogP contribution in [0.5, 0.6) is 5.75 Å². The molecule has 170 valence electrons. The minimum atomic E-state index is -3.47. The topological polar surface area (TPSA) is 18.5 Å². The number of hydrogen-bond donors (Lipinski definition) is 0. The van der Waals surface area contributed by atoms with E-state index in [1.54, 1.807) is 7.11 Å². The van der Waals surface area contributed by atoms with E-state index in [0.717, 1.165) is 31.0 Å². The van der Waals surface area contributed by atoms with Gasteiger partial charge in [-0.2, -0.15) is 8.78 Å². The number of ether oxygens (including phenoxy) is 2. The fourth-order valence-electron chi connectivity index (χ4n) is 4.05. The van der Waals surface area contributed by atoms with Crippen molar-refractivity contribution in [2.24, 2.45) is 11.8 Å². The van der Waals surface area contributed by atoms with Crippen molar-refractivity contribution in [3.05, 3.63) is 53.6 Å². The zero-order valence-corrected chi connectivity index (χ0v) is 17.1. The molecule has 1 aliphatic carbocycles. The van der Waals surface area contributed by atoms with Crippen molar-refractivity contribution in [1.29, 1.82) is 0 Å². The Bertz CT molecular complexity index is 871. The molecule has 0 radical (unpaired) electrons. The summed E-state index contributed by atoms with van der Waals surface area (Å²) >= 11 is 0. The molecule has 2 aromatic rings. The summed E-state index contributed by atoms with van der Waals surface area (Å²) in [4.78, 5) is 0. The van der Waals surface area contributed by atoms with Gasteiger partial charge in [-0.25, -0.2) is 17.6 Å². The molecule has 3 rings (SSSR count). The lowest BCUT2D eigenvalue weighted by atomic mass is 9.79. The van der Waals surface area contributed by atoms with E-state index in [9.17, 15) is 26.3 Å². The van der Waals surface area contributed by atoms with Crippen molar-refractivity contribution in [1.82, 2.24) is 0 Å². The molecule has 1 saturated carbocycles. The predicted octanol–water partition coefficient (Wildman–Crippen LogP) is 7.11. The first-order valence-corrected chi connectivity index (χ1v) is 10.2. The zero-order chi connectivity index (χ0) is 22.6. The van der Waals surface area contributed by atoms with Crippen LogP contribution in [0.1, 0.15) is 38.5 Å². The van der Waals surface area contributed by atoms with Crippen LogP contribution in [0.4, 0.5) is 26.3 Å². The fraction of sp³-hybridized carbons (Fsp3) is 0.478. The summed E-state index contributed by atoms with van der Waals surface area (Å²) in [6.07, 6.45) is 0.305. The van der Waals surface area contributed by atoms with Gasteiger partial charge in [-0.3, -0.25) is 0 Å². The summed E-state index contributed by atoms with van der Waals surface area (Å²) in [5.74, 6) is -6.61. The average Bonchev–Trinajstić information content (AvgIpc) is 2.72. The predicted molar refractivity (Wildman–Crippen MR) is 104 cm³/mol. The standard InChI is InChI=1S/C23H24F6O2/c1-30-10-2-3-14-4-6-16(7-5-14)23(28,29)31-17-8-9-18(19(24)13-17)15-11-20(25)22(27)21(26)12-15/h8-9,11-14,16H,2-7,10H2,1H3. The molecule has 0 aliphatic heterocycles. The molecule has 2 nitrogen and oxygen atoms in total. The van der Waals surface area contributed by atoms with Gasteiger partial charge in [0.1, 0.15) is 11.6 Å². The molecular weight excluding hydrogens is 422 g/mol. The van der Waals surface area contributed by atoms with Gasteiger partial charge in [0.05, 0.1) is 5.92 Å². The quantitative estimate of drug-likeness (QED) is 0.244. The summed E-state index contributed by atoms with van der Waals surface area (Å²) in [5, 5.41) is 0. The van der Waals surface area contributed by atoms with Crippen molar-refractivity contribution in [2.75, 3.05) is 13.7 Å². The highest BCUT2D eigenvalue weighted by Crippen LogP contribution is 2.41. The number of benzene rings is 2. The van der Waals surface area contributed by atoms with Gasteiger partial charge in [0.15, 0.2) is 17.5 Å². The van der Waals surface area contributed by atoms with E-state index in [2.05, 4.69) is 0 Å². The minimum absolute atomic E-state index is 0.251. The molecule has 0 heterocycles. The summed E-state index contributed by atoms with van der Waals surface area (Å²) in [6, 6.07) is 4.17. The fourth-order valence-corrected chi connectivity index (χ4v) is 4.05. The van der Waals surface area contributed by atoms with Gasteiger partial charge in [0, 0.05) is 25.3 Å². The highest BCUT2D eigenvalue weighted by atomic mass is 19.3. The lowest BCUT2D eigenvalue weighted by molar-refractivity contribution is -0.223. The third-order valence-corrected chi connectivity index (χ3v) is 5.77. The summed E-state index contributed by atoms with van der Waals surface area (Å²) in [6.45, 7) is 0.651. The maximum atomic E-state index is 14.6. The van der Waals surface area contributed by atoms with Gasteiger partial charge in [-0.1, -0.05) is 0 Å². The van der Waals surface area contributed by atoms with Crippen molar-refractivity contribution in [3.63, 3.8) is 0 Å². The third kappa shape index (κ3) is 5.73. The van der Waals surface area contributed by atoms with E-state index in [4.69, 9.17) is 9.47 Å². The Balaban J connectivity index is 1.65. The van der Waals surface area contributed by atoms with Crippen molar-refractivity contribution in [3.8, 4) is 16.9 Å². The molecule has 1 aliphatic rings. The SMILES string of the molecule is COCCCC1CCC(C(F)(F)Oc2ccc(-c3cc(F)c(F)c(F)c3)c(F)c2)CC1. The van der Waals surface area contributed by atoms with Crippen LogP contribution in [0.15, 0.2) is 30.3 Å². The first kappa shape index (κ1) is 23.4. The monoisotopic (exact) mass is 446 g/mol. The van der Waals surface area contributed by atoms with Gasteiger partial charge in [0.25, 0.3) is 0 Å². The second-order valence-corrected chi connectivity index (χ2v) is 7.91. The van der Waals surface area contributed by atoms with Crippen LogP contribution in [-0.2, 0) is 4.74 Å². The summed E-state index contributed by atoms with van der Waals surface area (Å²) in [5.41, 5.74) is -0.510. The number of methoxy groups -OCH3 is 1. The molecule has 0 aromatic heterocycles. The van der Waals surface area contributed by atoms with Crippen LogP contribution in [0.3, 0.4) is 0 Å². The molecule has 0 amide bonds. The van der Waals surface area contributed by atoms with Gasteiger partial charge in [-0.15, -0.1) is 0 Å².